The Bertz CT molecular complexity index is 627. The number of hydrogen-bond acceptors (Lipinski definition) is 3. The molecular weight excluding hydrogens is 266 g/mol. The van der Waals surface area contributed by atoms with Crippen molar-refractivity contribution in [1.29, 1.82) is 0 Å². The molecular formula is C17H17NO3. The number of carbonyl (C=O) groups excluding carboxylic acids is 1. The van der Waals surface area contributed by atoms with E-state index in [0.717, 1.165) is 5.57 Å². The molecule has 0 saturated heterocycles. The number of hydrogen-bond donors (Lipinski definition) is 2. The van der Waals surface area contributed by atoms with E-state index >= 15 is 0 Å². The fourth-order valence-corrected chi connectivity index (χ4v) is 2.09. The molecule has 21 heavy (non-hydrogen) atoms. The summed E-state index contributed by atoms with van der Waals surface area (Å²) in [6.45, 7) is 0. The summed E-state index contributed by atoms with van der Waals surface area (Å²) in [6, 6.07) is 8.15. The SMILES string of the molecule is NC(CC1=CC=C(C(=O)c2ccccc2)CC=C1)C(=O)O. The summed E-state index contributed by atoms with van der Waals surface area (Å²) in [6.07, 6.45) is 7.97. The Morgan fingerprint density at radius 2 is 1.90 bits per heavy atom. The van der Waals surface area contributed by atoms with Crippen LogP contribution in [-0.4, -0.2) is 22.9 Å². The van der Waals surface area contributed by atoms with Gasteiger partial charge in [0.05, 0.1) is 0 Å². The molecule has 1 aliphatic rings. The van der Waals surface area contributed by atoms with Gasteiger partial charge in [-0.05, 0) is 18.4 Å². The number of allylic oxidation sites excluding steroid dienone is 5. The van der Waals surface area contributed by atoms with Gasteiger partial charge in [0.25, 0.3) is 0 Å². The molecule has 4 nitrogen and oxygen atoms in total. The lowest BCUT2D eigenvalue weighted by Crippen LogP contribution is -2.30. The number of Topliss-reactive ketones (excluding diaryl/α,β-unsaturated/α-hetero) is 1. The van der Waals surface area contributed by atoms with E-state index in [0.29, 0.717) is 17.6 Å². The van der Waals surface area contributed by atoms with Crippen LogP contribution in [0, 0.1) is 0 Å². The van der Waals surface area contributed by atoms with Gasteiger partial charge in [0.1, 0.15) is 6.04 Å². The predicted octanol–water partition coefficient (Wildman–Crippen LogP) is 2.48. The highest BCUT2D eigenvalue weighted by Gasteiger charge is 2.15. The van der Waals surface area contributed by atoms with Crippen LogP contribution < -0.4 is 5.73 Å². The lowest BCUT2D eigenvalue weighted by molar-refractivity contribution is -0.138. The fraction of sp³-hybridized carbons (Fsp3) is 0.176. The summed E-state index contributed by atoms with van der Waals surface area (Å²) in [5.41, 5.74) is 7.65. The van der Waals surface area contributed by atoms with Gasteiger partial charge in [-0.2, -0.15) is 0 Å². The zero-order valence-electron chi connectivity index (χ0n) is 11.5. The van der Waals surface area contributed by atoms with Gasteiger partial charge in [0, 0.05) is 11.1 Å². The average molecular weight is 283 g/mol. The van der Waals surface area contributed by atoms with Crippen LogP contribution in [0.25, 0.3) is 0 Å². The van der Waals surface area contributed by atoms with Crippen LogP contribution in [0.15, 0.2) is 65.8 Å². The molecule has 0 spiro atoms. The van der Waals surface area contributed by atoms with Crippen LogP contribution in [0.5, 0.6) is 0 Å². The molecule has 0 saturated carbocycles. The van der Waals surface area contributed by atoms with E-state index in [2.05, 4.69) is 0 Å². The number of rotatable bonds is 5. The maximum atomic E-state index is 12.3. The number of carboxylic acids is 1. The van der Waals surface area contributed by atoms with Crippen LogP contribution in [0.3, 0.4) is 0 Å². The van der Waals surface area contributed by atoms with Gasteiger partial charge < -0.3 is 10.8 Å². The summed E-state index contributed by atoms with van der Waals surface area (Å²) in [4.78, 5) is 23.1. The van der Waals surface area contributed by atoms with Gasteiger partial charge in [-0.1, -0.05) is 54.6 Å². The molecule has 3 N–H and O–H groups in total. The summed E-state index contributed by atoms with van der Waals surface area (Å²) < 4.78 is 0. The largest absolute Gasteiger partial charge is 0.480 e. The zero-order chi connectivity index (χ0) is 15.2. The van der Waals surface area contributed by atoms with E-state index in [-0.39, 0.29) is 12.2 Å². The number of carbonyl (C=O) groups is 2. The first-order chi connectivity index (χ1) is 10.1. The van der Waals surface area contributed by atoms with Crippen molar-refractivity contribution in [2.45, 2.75) is 18.9 Å². The Labute approximate surface area is 123 Å². The molecule has 1 atom stereocenters. The van der Waals surface area contributed by atoms with E-state index < -0.39 is 12.0 Å². The molecule has 4 heteroatoms. The Balaban J connectivity index is 2.15. The molecule has 1 aromatic carbocycles. The van der Waals surface area contributed by atoms with Crippen molar-refractivity contribution in [3.63, 3.8) is 0 Å². The van der Waals surface area contributed by atoms with Crippen molar-refractivity contribution in [2.24, 2.45) is 5.73 Å². The average Bonchev–Trinajstić information content (AvgIpc) is 2.73. The van der Waals surface area contributed by atoms with Crippen LogP contribution in [0.1, 0.15) is 23.2 Å². The monoisotopic (exact) mass is 283 g/mol. The Hall–Kier alpha value is -2.46. The smallest absolute Gasteiger partial charge is 0.320 e. The highest BCUT2D eigenvalue weighted by molar-refractivity contribution is 6.09. The Morgan fingerprint density at radius 3 is 2.57 bits per heavy atom. The van der Waals surface area contributed by atoms with Crippen molar-refractivity contribution < 1.29 is 14.7 Å². The quantitative estimate of drug-likeness (QED) is 0.813. The molecule has 1 aromatic rings. The van der Waals surface area contributed by atoms with Crippen molar-refractivity contribution in [3.05, 3.63) is 71.3 Å². The topological polar surface area (TPSA) is 80.4 Å². The van der Waals surface area contributed by atoms with Crippen LogP contribution in [-0.2, 0) is 4.79 Å². The van der Waals surface area contributed by atoms with Crippen LogP contribution in [0.4, 0.5) is 0 Å². The second-order valence-electron chi connectivity index (χ2n) is 4.88. The Morgan fingerprint density at radius 1 is 1.19 bits per heavy atom. The van der Waals surface area contributed by atoms with Crippen molar-refractivity contribution in [2.75, 3.05) is 0 Å². The first kappa shape index (κ1) is 14.9. The minimum Gasteiger partial charge on any atom is -0.480 e. The maximum Gasteiger partial charge on any atom is 0.320 e. The highest BCUT2D eigenvalue weighted by atomic mass is 16.4. The molecule has 0 amide bonds. The van der Waals surface area contributed by atoms with Crippen molar-refractivity contribution >= 4 is 11.8 Å². The standard InChI is InChI=1S/C17H17NO3/c18-15(17(20)21)11-12-5-4-8-14(10-9-12)16(19)13-6-2-1-3-7-13/h1-7,9-10,15H,8,11,18H2,(H,20,21). The van der Waals surface area contributed by atoms with Gasteiger partial charge in [-0.3, -0.25) is 9.59 Å². The fourth-order valence-electron chi connectivity index (χ4n) is 2.09. The molecule has 0 aliphatic heterocycles. The van der Waals surface area contributed by atoms with Gasteiger partial charge in [0.15, 0.2) is 5.78 Å². The first-order valence-corrected chi connectivity index (χ1v) is 6.72. The van der Waals surface area contributed by atoms with Gasteiger partial charge >= 0.3 is 5.97 Å². The molecule has 1 aliphatic carbocycles. The second kappa shape index (κ2) is 6.81. The lowest BCUT2D eigenvalue weighted by Gasteiger charge is -2.05. The van der Waals surface area contributed by atoms with Crippen molar-refractivity contribution in [3.8, 4) is 0 Å². The molecule has 2 rings (SSSR count). The number of benzene rings is 1. The van der Waals surface area contributed by atoms with E-state index in [4.69, 9.17) is 10.8 Å². The number of aliphatic carboxylic acids is 1. The van der Waals surface area contributed by atoms with E-state index in [1.54, 1.807) is 24.3 Å². The first-order valence-electron chi connectivity index (χ1n) is 6.72. The maximum absolute atomic E-state index is 12.3. The molecule has 0 heterocycles. The van der Waals surface area contributed by atoms with Gasteiger partial charge in [0.2, 0.25) is 0 Å². The van der Waals surface area contributed by atoms with E-state index in [9.17, 15) is 9.59 Å². The number of ketones is 1. The minimum absolute atomic E-state index is 0.0136. The molecule has 0 radical (unpaired) electrons. The summed E-state index contributed by atoms with van der Waals surface area (Å²) in [5, 5.41) is 8.83. The van der Waals surface area contributed by atoms with Crippen LogP contribution in [0.2, 0.25) is 0 Å². The molecule has 0 bridgehead atoms. The zero-order valence-corrected chi connectivity index (χ0v) is 11.5. The molecule has 0 fully saturated rings. The summed E-state index contributed by atoms with van der Waals surface area (Å²) >= 11 is 0. The number of carboxylic acid groups (broad SMARTS) is 1. The van der Waals surface area contributed by atoms with Gasteiger partial charge in [-0.25, -0.2) is 0 Å². The van der Waals surface area contributed by atoms with Gasteiger partial charge in [-0.15, -0.1) is 0 Å². The Kier molecular flexibility index (Phi) is 4.85. The third-order valence-corrected chi connectivity index (χ3v) is 3.27. The number of nitrogens with two attached hydrogens (primary N) is 1. The summed E-state index contributed by atoms with van der Waals surface area (Å²) in [5.74, 6) is -1.04. The van der Waals surface area contributed by atoms with E-state index in [1.807, 2.05) is 30.4 Å². The molecule has 0 aromatic heterocycles. The molecule has 108 valence electrons. The predicted molar refractivity (Wildman–Crippen MR) is 80.9 cm³/mol. The highest BCUT2D eigenvalue weighted by Crippen LogP contribution is 2.18. The third-order valence-electron chi connectivity index (χ3n) is 3.27. The van der Waals surface area contributed by atoms with Crippen LogP contribution >= 0.6 is 0 Å². The molecule has 1 unspecified atom stereocenters. The lowest BCUT2D eigenvalue weighted by atomic mass is 10.0. The van der Waals surface area contributed by atoms with E-state index in [1.165, 1.54) is 0 Å². The normalized spacial score (nSPS) is 15.7. The van der Waals surface area contributed by atoms with Crippen molar-refractivity contribution in [1.82, 2.24) is 0 Å². The third kappa shape index (κ3) is 4.00. The summed E-state index contributed by atoms with van der Waals surface area (Å²) in [7, 11) is 0. The second-order valence-corrected chi connectivity index (χ2v) is 4.88. The minimum atomic E-state index is -1.03.